The molecule has 0 aliphatic rings. The standard InChI is InChI=1S/C14H10Cl2N2O/c1-19-13-5-3-2-4-8(13)14-17-11-6-9(15)10(16)7-12(11)18-14/h2-7H,1H3,(H,17,18). The van der Waals surface area contributed by atoms with E-state index in [1.165, 1.54) is 0 Å². The molecule has 0 saturated carbocycles. The number of methoxy groups -OCH3 is 1. The minimum absolute atomic E-state index is 0.493. The maximum atomic E-state index is 6.00. The van der Waals surface area contributed by atoms with Crippen molar-refractivity contribution in [1.82, 2.24) is 9.97 Å². The van der Waals surface area contributed by atoms with Crippen LogP contribution in [0.4, 0.5) is 0 Å². The summed E-state index contributed by atoms with van der Waals surface area (Å²) in [4.78, 5) is 7.74. The largest absolute Gasteiger partial charge is 0.496 e. The topological polar surface area (TPSA) is 37.9 Å². The van der Waals surface area contributed by atoms with Crippen molar-refractivity contribution < 1.29 is 4.74 Å². The van der Waals surface area contributed by atoms with Gasteiger partial charge in [0.05, 0.1) is 33.8 Å². The lowest BCUT2D eigenvalue weighted by atomic mass is 10.2. The van der Waals surface area contributed by atoms with Crippen molar-refractivity contribution >= 4 is 34.2 Å². The van der Waals surface area contributed by atoms with Gasteiger partial charge in [0.2, 0.25) is 0 Å². The van der Waals surface area contributed by atoms with Gasteiger partial charge >= 0.3 is 0 Å². The lowest BCUT2D eigenvalue weighted by Gasteiger charge is -2.04. The lowest BCUT2D eigenvalue weighted by Crippen LogP contribution is -1.88. The fourth-order valence-electron chi connectivity index (χ4n) is 1.97. The first-order valence-electron chi connectivity index (χ1n) is 5.67. The van der Waals surface area contributed by atoms with Gasteiger partial charge in [0, 0.05) is 0 Å². The predicted molar refractivity (Wildman–Crippen MR) is 78.1 cm³/mol. The van der Waals surface area contributed by atoms with Gasteiger partial charge < -0.3 is 9.72 Å². The van der Waals surface area contributed by atoms with E-state index in [1.807, 2.05) is 24.3 Å². The molecule has 1 N–H and O–H groups in total. The van der Waals surface area contributed by atoms with Gasteiger partial charge in [-0.05, 0) is 24.3 Å². The number of nitrogens with zero attached hydrogens (tertiary/aromatic N) is 1. The van der Waals surface area contributed by atoms with Crippen LogP contribution in [0, 0.1) is 0 Å². The molecule has 0 atom stereocenters. The number of hydrogen-bond acceptors (Lipinski definition) is 2. The third-order valence-electron chi connectivity index (χ3n) is 2.89. The molecule has 0 bridgehead atoms. The maximum absolute atomic E-state index is 6.00. The van der Waals surface area contributed by atoms with Crippen LogP contribution in [0.15, 0.2) is 36.4 Å². The van der Waals surface area contributed by atoms with Gasteiger partial charge in [-0.3, -0.25) is 0 Å². The molecule has 0 spiro atoms. The summed E-state index contributed by atoms with van der Waals surface area (Å²) in [6, 6.07) is 11.2. The molecule has 0 unspecified atom stereocenters. The summed E-state index contributed by atoms with van der Waals surface area (Å²) in [5.41, 5.74) is 2.51. The highest BCUT2D eigenvalue weighted by Gasteiger charge is 2.11. The number of ether oxygens (including phenoxy) is 1. The van der Waals surface area contributed by atoms with E-state index in [1.54, 1.807) is 19.2 Å². The van der Waals surface area contributed by atoms with Gasteiger partial charge in [-0.1, -0.05) is 35.3 Å². The van der Waals surface area contributed by atoms with Crippen molar-refractivity contribution in [1.29, 1.82) is 0 Å². The van der Waals surface area contributed by atoms with Crippen LogP contribution in [-0.4, -0.2) is 17.1 Å². The van der Waals surface area contributed by atoms with E-state index < -0.39 is 0 Å². The van der Waals surface area contributed by atoms with Crippen molar-refractivity contribution in [2.45, 2.75) is 0 Å². The molecule has 3 rings (SSSR count). The van der Waals surface area contributed by atoms with E-state index in [0.29, 0.717) is 10.0 Å². The first-order chi connectivity index (χ1) is 9.19. The summed E-state index contributed by atoms with van der Waals surface area (Å²) >= 11 is 12.0. The number of para-hydroxylation sites is 1. The Labute approximate surface area is 120 Å². The SMILES string of the molecule is COc1ccccc1-c1nc2cc(Cl)c(Cl)cc2[nH]1. The number of rotatable bonds is 2. The van der Waals surface area contributed by atoms with Crippen LogP contribution in [0.2, 0.25) is 10.0 Å². The molecule has 1 aromatic heterocycles. The molecule has 0 saturated heterocycles. The molecule has 0 aliphatic carbocycles. The van der Waals surface area contributed by atoms with Crippen molar-refractivity contribution in [3.8, 4) is 17.1 Å². The average molecular weight is 293 g/mol. The van der Waals surface area contributed by atoms with Crippen molar-refractivity contribution in [2.75, 3.05) is 7.11 Å². The number of imidazole rings is 1. The van der Waals surface area contributed by atoms with Gasteiger partial charge in [0.15, 0.2) is 0 Å². The molecule has 2 aromatic carbocycles. The smallest absolute Gasteiger partial charge is 0.142 e. The highest BCUT2D eigenvalue weighted by atomic mass is 35.5. The second-order valence-electron chi connectivity index (χ2n) is 4.07. The van der Waals surface area contributed by atoms with E-state index in [4.69, 9.17) is 27.9 Å². The Balaban J connectivity index is 2.20. The van der Waals surface area contributed by atoms with Crippen molar-refractivity contribution in [2.24, 2.45) is 0 Å². The molecule has 96 valence electrons. The van der Waals surface area contributed by atoms with E-state index in [0.717, 1.165) is 28.2 Å². The zero-order valence-corrected chi connectivity index (χ0v) is 11.6. The fourth-order valence-corrected chi connectivity index (χ4v) is 2.29. The molecule has 0 amide bonds. The first-order valence-corrected chi connectivity index (χ1v) is 6.43. The fraction of sp³-hybridized carbons (Fsp3) is 0.0714. The molecule has 0 aliphatic heterocycles. The number of halogens is 2. The second kappa shape index (κ2) is 4.76. The first kappa shape index (κ1) is 12.3. The minimum atomic E-state index is 0.493. The average Bonchev–Trinajstić information content (AvgIpc) is 2.82. The summed E-state index contributed by atoms with van der Waals surface area (Å²) in [6.45, 7) is 0. The third-order valence-corrected chi connectivity index (χ3v) is 3.61. The molecular weight excluding hydrogens is 283 g/mol. The third kappa shape index (κ3) is 2.15. The lowest BCUT2D eigenvalue weighted by molar-refractivity contribution is 0.416. The Morgan fingerprint density at radius 2 is 1.84 bits per heavy atom. The van der Waals surface area contributed by atoms with Gasteiger partial charge in [-0.2, -0.15) is 0 Å². The maximum Gasteiger partial charge on any atom is 0.142 e. The van der Waals surface area contributed by atoms with E-state index in [2.05, 4.69) is 9.97 Å². The highest BCUT2D eigenvalue weighted by molar-refractivity contribution is 6.42. The molecule has 1 heterocycles. The number of H-pyrrole nitrogens is 1. The van der Waals surface area contributed by atoms with E-state index in [-0.39, 0.29) is 0 Å². The van der Waals surface area contributed by atoms with Gasteiger partial charge in [-0.25, -0.2) is 4.98 Å². The number of fused-ring (bicyclic) bond motifs is 1. The Bertz CT molecular complexity index is 713. The summed E-state index contributed by atoms with van der Waals surface area (Å²) in [5.74, 6) is 1.49. The zero-order chi connectivity index (χ0) is 13.4. The van der Waals surface area contributed by atoms with Crippen LogP contribution in [-0.2, 0) is 0 Å². The van der Waals surface area contributed by atoms with Crippen LogP contribution in [0.5, 0.6) is 5.75 Å². The molecule has 0 radical (unpaired) electrons. The minimum Gasteiger partial charge on any atom is -0.496 e. The van der Waals surface area contributed by atoms with Gasteiger partial charge in [0.1, 0.15) is 11.6 Å². The van der Waals surface area contributed by atoms with E-state index >= 15 is 0 Å². The number of nitrogens with one attached hydrogen (secondary N) is 1. The molecule has 3 nitrogen and oxygen atoms in total. The highest BCUT2D eigenvalue weighted by Crippen LogP contribution is 2.31. The van der Waals surface area contributed by atoms with Crippen molar-refractivity contribution in [3.63, 3.8) is 0 Å². The molecule has 0 fully saturated rings. The van der Waals surface area contributed by atoms with Crippen LogP contribution >= 0.6 is 23.2 Å². The Morgan fingerprint density at radius 1 is 1.11 bits per heavy atom. The number of benzene rings is 2. The monoisotopic (exact) mass is 292 g/mol. The van der Waals surface area contributed by atoms with Crippen LogP contribution in [0.25, 0.3) is 22.4 Å². The number of aromatic amines is 1. The summed E-state index contributed by atoms with van der Waals surface area (Å²) in [5, 5.41) is 0.997. The summed E-state index contributed by atoms with van der Waals surface area (Å²) in [6.07, 6.45) is 0. The normalized spacial score (nSPS) is 10.9. The number of hydrogen-bond donors (Lipinski definition) is 1. The van der Waals surface area contributed by atoms with Gasteiger partial charge in [0.25, 0.3) is 0 Å². The summed E-state index contributed by atoms with van der Waals surface area (Å²) < 4.78 is 5.33. The second-order valence-corrected chi connectivity index (χ2v) is 4.88. The molecule has 5 heteroatoms. The van der Waals surface area contributed by atoms with E-state index in [9.17, 15) is 0 Å². The van der Waals surface area contributed by atoms with Crippen LogP contribution in [0.1, 0.15) is 0 Å². The molecule has 3 aromatic rings. The van der Waals surface area contributed by atoms with Crippen LogP contribution < -0.4 is 4.74 Å². The molecule has 19 heavy (non-hydrogen) atoms. The Kier molecular flexibility index (Phi) is 3.09. The Morgan fingerprint density at radius 3 is 2.63 bits per heavy atom. The predicted octanol–water partition coefficient (Wildman–Crippen LogP) is 4.55. The zero-order valence-electron chi connectivity index (χ0n) is 10.1. The quantitative estimate of drug-likeness (QED) is 0.753. The molecular formula is C14H10Cl2N2O. The number of aromatic nitrogens is 2. The van der Waals surface area contributed by atoms with Crippen LogP contribution in [0.3, 0.4) is 0 Å². The van der Waals surface area contributed by atoms with Crippen molar-refractivity contribution in [3.05, 3.63) is 46.4 Å². The summed E-state index contributed by atoms with van der Waals surface area (Å²) in [7, 11) is 1.63. The Hall–Kier alpha value is -1.71. The van der Waals surface area contributed by atoms with Gasteiger partial charge in [-0.15, -0.1) is 0 Å².